The van der Waals surface area contributed by atoms with Gasteiger partial charge in [-0.3, -0.25) is 4.79 Å². The fourth-order valence-corrected chi connectivity index (χ4v) is 2.51. The average Bonchev–Trinajstić information content (AvgIpc) is 3.09. The molecule has 1 N–H and O–H groups in total. The molecule has 1 aromatic carbocycles. The Bertz CT molecular complexity index is 715. The molecule has 1 amide bonds. The van der Waals surface area contributed by atoms with Crippen molar-refractivity contribution in [2.45, 2.75) is 12.5 Å². The van der Waals surface area contributed by atoms with Crippen LogP contribution >= 0.6 is 11.6 Å². The van der Waals surface area contributed by atoms with E-state index in [2.05, 4.69) is 10.3 Å². The summed E-state index contributed by atoms with van der Waals surface area (Å²) in [4.78, 5) is 16.5. The van der Waals surface area contributed by atoms with Crippen molar-refractivity contribution in [3.8, 4) is 11.6 Å². The highest BCUT2D eigenvalue weighted by molar-refractivity contribution is 6.31. The number of methoxy groups -OCH3 is 1. The molecule has 1 aliphatic rings. The van der Waals surface area contributed by atoms with Crippen molar-refractivity contribution >= 4 is 23.2 Å². The second kappa shape index (κ2) is 7.51. The van der Waals surface area contributed by atoms with Crippen LogP contribution in [0.4, 0.5) is 5.69 Å². The Labute approximate surface area is 144 Å². The predicted molar refractivity (Wildman–Crippen MR) is 90.0 cm³/mol. The molecule has 0 unspecified atom stereocenters. The summed E-state index contributed by atoms with van der Waals surface area (Å²) in [6.45, 7) is 1.27. The van der Waals surface area contributed by atoms with E-state index in [9.17, 15) is 4.79 Å². The molecule has 7 heteroatoms. The van der Waals surface area contributed by atoms with Crippen LogP contribution < -0.4 is 14.8 Å². The third-order valence-corrected chi connectivity index (χ3v) is 3.82. The molecule has 2 aromatic rings. The minimum atomic E-state index is -0.307. The molecular weight excluding hydrogens is 332 g/mol. The summed E-state index contributed by atoms with van der Waals surface area (Å²) < 4.78 is 16.1. The standard InChI is InChI=1S/C17H17ClN2O4/c1-22-15-4-3-12(18)8-14(15)20-17(21)11-2-5-16(19-9-11)24-13-6-7-23-10-13/h2-5,8-9,13H,6-7,10H2,1H3,(H,20,21)/t13-/m1/s1. The summed E-state index contributed by atoms with van der Waals surface area (Å²) in [5, 5.41) is 3.27. The second-order valence-corrected chi connectivity index (χ2v) is 5.72. The molecule has 126 valence electrons. The fraction of sp³-hybridized carbons (Fsp3) is 0.294. The van der Waals surface area contributed by atoms with E-state index in [1.165, 1.54) is 13.3 Å². The summed E-state index contributed by atoms with van der Waals surface area (Å²) in [6, 6.07) is 8.34. The monoisotopic (exact) mass is 348 g/mol. The molecule has 24 heavy (non-hydrogen) atoms. The molecular formula is C17H17ClN2O4. The molecule has 6 nitrogen and oxygen atoms in total. The third kappa shape index (κ3) is 3.96. The van der Waals surface area contributed by atoms with E-state index in [1.807, 2.05) is 0 Å². The van der Waals surface area contributed by atoms with Gasteiger partial charge in [-0.2, -0.15) is 0 Å². The van der Waals surface area contributed by atoms with Crippen molar-refractivity contribution in [2.75, 3.05) is 25.6 Å². The Morgan fingerprint density at radius 2 is 2.25 bits per heavy atom. The van der Waals surface area contributed by atoms with Gasteiger partial charge in [0.15, 0.2) is 0 Å². The number of pyridine rings is 1. The van der Waals surface area contributed by atoms with Crippen LogP contribution in [0.2, 0.25) is 5.02 Å². The highest BCUT2D eigenvalue weighted by atomic mass is 35.5. The van der Waals surface area contributed by atoms with Gasteiger partial charge < -0.3 is 19.5 Å². The predicted octanol–water partition coefficient (Wildman–Crippen LogP) is 3.16. The van der Waals surface area contributed by atoms with E-state index < -0.39 is 0 Å². The van der Waals surface area contributed by atoms with Crippen LogP contribution in [0.1, 0.15) is 16.8 Å². The van der Waals surface area contributed by atoms with Gasteiger partial charge in [0.1, 0.15) is 11.9 Å². The molecule has 1 aromatic heterocycles. The molecule has 1 fully saturated rings. The van der Waals surface area contributed by atoms with Crippen LogP contribution in [-0.2, 0) is 4.74 Å². The number of rotatable bonds is 5. The zero-order valence-corrected chi connectivity index (χ0v) is 13.9. The van der Waals surface area contributed by atoms with Crippen LogP contribution in [0.3, 0.4) is 0 Å². The topological polar surface area (TPSA) is 69.7 Å². The Kier molecular flexibility index (Phi) is 5.17. The van der Waals surface area contributed by atoms with Gasteiger partial charge in [0, 0.05) is 23.7 Å². The zero-order chi connectivity index (χ0) is 16.9. The first-order valence-corrected chi connectivity index (χ1v) is 7.89. The Balaban J connectivity index is 1.67. The summed E-state index contributed by atoms with van der Waals surface area (Å²) in [5.74, 6) is 0.697. The van der Waals surface area contributed by atoms with E-state index in [0.29, 0.717) is 41.1 Å². The van der Waals surface area contributed by atoms with Crippen molar-refractivity contribution in [1.29, 1.82) is 0 Å². The maximum atomic E-state index is 12.3. The number of amides is 1. The van der Waals surface area contributed by atoms with Gasteiger partial charge in [-0.1, -0.05) is 11.6 Å². The number of aromatic nitrogens is 1. The van der Waals surface area contributed by atoms with Crippen LogP contribution in [0.15, 0.2) is 36.5 Å². The zero-order valence-electron chi connectivity index (χ0n) is 13.1. The number of anilines is 1. The van der Waals surface area contributed by atoms with Gasteiger partial charge in [0.2, 0.25) is 5.88 Å². The van der Waals surface area contributed by atoms with Crippen molar-refractivity contribution in [3.05, 3.63) is 47.1 Å². The van der Waals surface area contributed by atoms with Gasteiger partial charge in [0.25, 0.3) is 5.91 Å². The van der Waals surface area contributed by atoms with E-state index in [0.717, 1.165) is 6.42 Å². The molecule has 0 spiro atoms. The van der Waals surface area contributed by atoms with Gasteiger partial charge in [-0.15, -0.1) is 0 Å². The minimum absolute atomic E-state index is 0.0212. The fourth-order valence-electron chi connectivity index (χ4n) is 2.33. The molecule has 0 aliphatic carbocycles. The molecule has 2 heterocycles. The lowest BCUT2D eigenvalue weighted by Crippen LogP contribution is -2.17. The van der Waals surface area contributed by atoms with E-state index in [4.69, 9.17) is 25.8 Å². The summed E-state index contributed by atoms with van der Waals surface area (Å²) in [7, 11) is 1.53. The smallest absolute Gasteiger partial charge is 0.257 e. The lowest BCUT2D eigenvalue weighted by Gasteiger charge is -2.12. The summed E-state index contributed by atoms with van der Waals surface area (Å²) >= 11 is 5.96. The lowest BCUT2D eigenvalue weighted by molar-refractivity contribution is 0.102. The molecule has 0 bridgehead atoms. The first kappa shape index (κ1) is 16.5. The van der Waals surface area contributed by atoms with Crippen molar-refractivity contribution in [3.63, 3.8) is 0 Å². The van der Waals surface area contributed by atoms with Crippen molar-refractivity contribution in [1.82, 2.24) is 4.98 Å². The summed E-state index contributed by atoms with van der Waals surface area (Å²) in [6.07, 6.45) is 2.34. The summed E-state index contributed by atoms with van der Waals surface area (Å²) in [5.41, 5.74) is 0.908. The lowest BCUT2D eigenvalue weighted by atomic mass is 10.2. The van der Waals surface area contributed by atoms with E-state index >= 15 is 0 Å². The number of hydrogen-bond acceptors (Lipinski definition) is 5. The van der Waals surface area contributed by atoms with Gasteiger partial charge >= 0.3 is 0 Å². The minimum Gasteiger partial charge on any atom is -0.495 e. The van der Waals surface area contributed by atoms with Crippen LogP contribution in [0.25, 0.3) is 0 Å². The molecule has 1 atom stereocenters. The number of hydrogen-bond donors (Lipinski definition) is 1. The average molecular weight is 349 g/mol. The van der Waals surface area contributed by atoms with Gasteiger partial charge in [-0.25, -0.2) is 4.98 Å². The number of carbonyl (C=O) groups is 1. The quantitative estimate of drug-likeness (QED) is 0.898. The van der Waals surface area contributed by atoms with Crippen molar-refractivity contribution < 1.29 is 19.0 Å². The Morgan fingerprint density at radius 1 is 1.38 bits per heavy atom. The third-order valence-electron chi connectivity index (χ3n) is 3.58. The number of nitrogens with one attached hydrogen (secondary N) is 1. The molecule has 3 rings (SSSR count). The first-order valence-electron chi connectivity index (χ1n) is 7.51. The number of nitrogens with zero attached hydrogens (tertiary/aromatic N) is 1. The highest BCUT2D eigenvalue weighted by Gasteiger charge is 2.18. The Hall–Kier alpha value is -2.31. The Morgan fingerprint density at radius 3 is 2.92 bits per heavy atom. The maximum absolute atomic E-state index is 12.3. The number of benzene rings is 1. The van der Waals surface area contributed by atoms with Gasteiger partial charge in [-0.05, 0) is 24.3 Å². The number of carbonyl (C=O) groups excluding carboxylic acids is 1. The van der Waals surface area contributed by atoms with Crippen LogP contribution in [0.5, 0.6) is 11.6 Å². The van der Waals surface area contributed by atoms with Gasteiger partial charge in [0.05, 0.1) is 31.6 Å². The van der Waals surface area contributed by atoms with E-state index in [-0.39, 0.29) is 12.0 Å². The highest BCUT2D eigenvalue weighted by Crippen LogP contribution is 2.28. The molecule has 0 saturated carbocycles. The first-order chi connectivity index (χ1) is 11.7. The molecule has 0 radical (unpaired) electrons. The normalized spacial score (nSPS) is 16.7. The largest absolute Gasteiger partial charge is 0.495 e. The van der Waals surface area contributed by atoms with Crippen LogP contribution in [-0.4, -0.2) is 37.3 Å². The van der Waals surface area contributed by atoms with Crippen LogP contribution in [0, 0.1) is 0 Å². The SMILES string of the molecule is COc1ccc(Cl)cc1NC(=O)c1ccc(O[C@@H]2CCOC2)nc1. The maximum Gasteiger partial charge on any atom is 0.257 e. The number of halogens is 1. The molecule has 1 aliphatic heterocycles. The molecule has 1 saturated heterocycles. The van der Waals surface area contributed by atoms with Crippen molar-refractivity contribution in [2.24, 2.45) is 0 Å². The second-order valence-electron chi connectivity index (χ2n) is 5.29. The van der Waals surface area contributed by atoms with E-state index in [1.54, 1.807) is 30.3 Å². The number of ether oxygens (including phenoxy) is 3.